The highest BCUT2D eigenvalue weighted by atomic mass is 35.5. The second-order valence-corrected chi connectivity index (χ2v) is 6.59. The molecule has 0 unspecified atom stereocenters. The number of carbonyl (C=O) groups is 1. The number of rotatable bonds is 5. The Bertz CT molecular complexity index is 953. The number of nitriles is 1. The van der Waals surface area contributed by atoms with Gasteiger partial charge in [-0.15, -0.1) is 0 Å². The first-order chi connectivity index (χ1) is 12.2. The molecule has 0 saturated carbocycles. The molecule has 0 aliphatic carbocycles. The zero-order valence-electron chi connectivity index (χ0n) is 13.0. The molecule has 3 aromatic rings. The van der Waals surface area contributed by atoms with E-state index in [-0.39, 0.29) is 11.4 Å². The van der Waals surface area contributed by atoms with Gasteiger partial charge in [0, 0.05) is 21.6 Å². The largest absolute Gasteiger partial charge is 0.450 e. The van der Waals surface area contributed by atoms with Crippen molar-refractivity contribution in [1.82, 2.24) is 0 Å². The highest BCUT2D eigenvalue weighted by Gasteiger charge is 2.13. The summed E-state index contributed by atoms with van der Waals surface area (Å²) >= 11 is 7.30. The van der Waals surface area contributed by atoms with Gasteiger partial charge in [0.25, 0.3) is 0 Å². The van der Waals surface area contributed by atoms with Crippen molar-refractivity contribution in [3.63, 3.8) is 0 Å². The first-order valence-corrected chi connectivity index (χ1v) is 8.60. The van der Waals surface area contributed by atoms with E-state index in [9.17, 15) is 10.1 Å². The van der Waals surface area contributed by atoms with Gasteiger partial charge >= 0.3 is 0 Å². The van der Waals surface area contributed by atoms with E-state index in [1.54, 1.807) is 48.5 Å². The molecule has 122 valence electrons. The predicted octanol–water partition coefficient (Wildman–Crippen LogP) is 5.87. The third-order valence-corrected chi connectivity index (χ3v) is 4.50. The Hall–Kier alpha value is -2.74. The lowest BCUT2D eigenvalue weighted by atomic mass is 10.0. The average molecular weight is 366 g/mol. The Labute approximate surface area is 154 Å². The third kappa shape index (κ3) is 4.42. The van der Waals surface area contributed by atoms with Crippen LogP contribution in [0.4, 0.5) is 0 Å². The number of furan rings is 1. The number of allylic oxidation sites excluding steroid dienone is 1. The first kappa shape index (κ1) is 17.1. The predicted molar refractivity (Wildman–Crippen MR) is 98.6 cm³/mol. The quantitative estimate of drug-likeness (QED) is 0.322. The van der Waals surface area contributed by atoms with Crippen molar-refractivity contribution < 1.29 is 9.21 Å². The second-order valence-electron chi connectivity index (χ2n) is 5.08. The maximum absolute atomic E-state index is 12.4. The van der Waals surface area contributed by atoms with Crippen molar-refractivity contribution in [3.8, 4) is 6.07 Å². The number of hydrogen-bond donors (Lipinski definition) is 0. The zero-order chi connectivity index (χ0) is 17.6. The molecule has 0 atom stereocenters. The lowest BCUT2D eigenvalue weighted by Crippen LogP contribution is -2.01. The smallest absolute Gasteiger partial charge is 0.203 e. The van der Waals surface area contributed by atoms with Crippen molar-refractivity contribution >= 4 is 35.2 Å². The van der Waals surface area contributed by atoms with Crippen LogP contribution in [0.5, 0.6) is 0 Å². The van der Waals surface area contributed by atoms with Gasteiger partial charge in [-0.1, -0.05) is 53.7 Å². The van der Waals surface area contributed by atoms with Crippen LogP contribution in [0, 0.1) is 11.3 Å². The van der Waals surface area contributed by atoms with E-state index in [0.717, 1.165) is 4.90 Å². The highest BCUT2D eigenvalue weighted by molar-refractivity contribution is 7.99. The number of hydrogen-bond acceptors (Lipinski definition) is 4. The van der Waals surface area contributed by atoms with E-state index in [2.05, 4.69) is 0 Å². The molecule has 0 bridgehead atoms. The molecular formula is C20H12ClNO2S. The van der Waals surface area contributed by atoms with Crippen molar-refractivity contribution in [2.45, 2.75) is 9.99 Å². The SMILES string of the molecule is N#C/C(=C\c1ccc(Sc2ccc(Cl)cc2)o1)C(=O)c1ccccc1. The van der Waals surface area contributed by atoms with Gasteiger partial charge in [0.1, 0.15) is 17.4 Å². The van der Waals surface area contributed by atoms with Crippen LogP contribution in [0.25, 0.3) is 6.08 Å². The fraction of sp³-hybridized carbons (Fsp3) is 0. The van der Waals surface area contributed by atoms with E-state index in [0.29, 0.717) is 21.4 Å². The summed E-state index contributed by atoms with van der Waals surface area (Å²) in [7, 11) is 0. The molecular weight excluding hydrogens is 354 g/mol. The fourth-order valence-electron chi connectivity index (χ4n) is 2.12. The van der Waals surface area contributed by atoms with Crippen LogP contribution in [0.2, 0.25) is 5.02 Å². The number of ketones is 1. The number of nitrogens with zero attached hydrogens (tertiary/aromatic N) is 1. The van der Waals surface area contributed by atoms with Crippen molar-refractivity contribution in [3.05, 3.63) is 88.6 Å². The molecule has 3 nitrogen and oxygen atoms in total. The molecule has 1 heterocycles. The molecule has 0 radical (unpaired) electrons. The molecule has 2 aromatic carbocycles. The van der Waals surface area contributed by atoms with Crippen LogP contribution in [0.15, 0.2) is 86.7 Å². The van der Waals surface area contributed by atoms with E-state index in [4.69, 9.17) is 16.0 Å². The summed E-state index contributed by atoms with van der Waals surface area (Å²) in [6.07, 6.45) is 1.46. The molecule has 3 rings (SSSR count). The molecule has 1 aromatic heterocycles. The first-order valence-electron chi connectivity index (χ1n) is 7.40. The van der Waals surface area contributed by atoms with Crippen LogP contribution in [0.3, 0.4) is 0 Å². The van der Waals surface area contributed by atoms with Crippen LogP contribution >= 0.6 is 23.4 Å². The van der Waals surface area contributed by atoms with Crippen LogP contribution in [-0.2, 0) is 0 Å². The Morgan fingerprint density at radius 2 is 1.76 bits per heavy atom. The molecule has 0 N–H and O–H groups in total. The Balaban J connectivity index is 1.78. The van der Waals surface area contributed by atoms with E-state index in [1.165, 1.54) is 17.8 Å². The monoisotopic (exact) mass is 365 g/mol. The molecule has 5 heteroatoms. The van der Waals surface area contributed by atoms with E-state index in [1.807, 2.05) is 24.3 Å². The molecule has 0 amide bonds. The van der Waals surface area contributed by atoms with Gasteiger partial charge in [-0.3, -0.25) is 4.79 Å². The zero-order valence-corrected chi connectivity index (χ0v) is 14.6. The molecule has 0 aliphatic heterocycles. The summed E-state index contributed by atoms with van der Waals surface area (Å²) in [5, 5.41) is 10.6. The number of halogens is 1. The van der Waals surface area contributed by atoms with Gasteiger partial charge < -0.3 is 4.42 Å². The van der Waals surface area contributed by atoms with Gasteiger partial charge in [0.05, 0.1) is 0 Å². The highest BCUT2D eigenvalue weighted by Crippen LogP contribution is 2.30. The van der Waals surface area contributed by atoms with E-state index < -0.39 is 0 Å². The minimum absolute atomic E-state index is 0.0311. The number of benzene rings is 2. The third-order valence-electron chi connectivity index (χ3n) is 3.32. The average Bonchev–Trinajstić information content (AvgIpc) is 3.09. The van der Waals surface area contributed by atoms with Gasteiger partial charge in [-0.25, -0.2) is 0 Å². The summed E-state index contributed by atoms with van der Waals surface area (Å²) in [4.78, 5) is 13.3. The van der Waals surface area contributed by atoms with Crippen LogP contribution in [-0.4, -0.2) is 5.78 Å². The summed E-state index contributed by atoms with van der Waals surface area (Å²) in [5.74, 6) is 0.128. The minimum atomic E-state index is -0.327. The summed E-state index contributed by atoms with van der Waals surface area (Å²) in [6, 6.07) is 21.6. The van der Waals surface area contributed by atoms with Crippen molar-refractivity contribution in [2.24, 2.45) is 0 Å². The molecule has 0 saturated heterocycles. The molecule has 25 heavy (non-hydrogen) atoms. The van der Waals surface area contributed by atoms with Gasteiger partial charge in [-0.05, 0) is 36.4 Å². The standard InChI is InChI=1S/C20H12ClNO2S/c21-16-6-9-18(10-7-16)25-19-11-8-17(24-19)12-15(13-22)20(23)14-4-2-1-3-5-14/h1-12H/b15-12+. The lowest BCUT2D eigenvalue weighted by Gasteiger charge is -1.99. The molecule has 0 aliphatic rings. The summed E-state index contributed by atoms with van der Waals surface area (Å²) in [6.45, 7) is 0. The van der Waals surface area contributed by atoms with Gasteiger partial charge in [0.15, 0.2) is 5.09 Å². The van der Waals surface area contributed by atoms with Crippen LogP contribution < -0.4 is 0 Å². The Kier molecular flexibility index (Phi) is 5.39. The second kappa shape index (κ2) is 7.89. The van der Waals surface area contributed by atoms with Crippen molar-refractivity contribution in [2.75, 3.05) is 0 Å². The topological polar surface area (TPSA) is 54.0 Å². The Morgan fingerprint density at radius 3 is 2.44 bits per heavy atom. The van der Waals surface area contributed by atoms with Gasteiger partial charge in [0.2, 0.25) is 5.78 Å². The summed E-state index contributed by atoms with van der Waals surface area (Å²) in [5.41, 5.74) is 0.501. The van der Waals surface area contributed by atoms with Crippen LogP contribution in [0.1, 0.15) is 16.1 Å². The lowest BCUT2D eigenvalue weighted by molar-refractivity contribution is 0.104. The van der Waals surface area contributed by atoms with Crippen molar-refractivity contribution in [1.29, 1.82) is 5.26 Å². The Morgan fingerprint density at radius 1 is 1.04 bits per heavy atom. The van der Waals surface area contributed by atoms with Gasteiger partial charge in [-0.2, -0.15) is 5.26 Å². The summed E-state index contributed by atoms with van der Waals surface area (Å²) < 4.78 is 5.69. The number of carbonyl (C=O) groups excluding carboxylic acids is 1. The molecule has 0 spiro atoms. The minimum Gasteiger partial charge on any atom is -0.450 e. The maximum Gasteiger partial charge on any atom is 0.203 e. The maximum atomic E-state index is 12.4. The fourth-order valence-corrected chi connectivity index (χ4v) is 3.03. The number of Topliss-reactive ketones (excluding diaryl/α,β-unsaturated/α-hetero) is 1. The van der Waals surface area contributed by atoms with E-state index >= 15 is 0 Å². The normalized spacial score (nSPS) is 11.1. The molecule has 0 fully saturated rings.